The monoisotopic (exact) mass is 446 g/mol. The molecule has 0 bridgehead atoms. The molecule has 1 aromatic carbocycles. The first-order valence-electron chi connectivity index (χ1n) is 9.28. The molecule has 1 amide bonds. The quantitative estimate of drug-likeness (QED) is 0.756. The fourth-order valence-corrected chi connectivity index (χ4v) is 4.36. The second-order valence-corrected chi connectivity index (χ2v) is 8.11. The van der Waals surface area contributed by atoms with Crippen LogP contribution < -0.4 is 15.1 Å². The van der Waals surface area contributed by atoms with Crippen LogP contribution in [0, 0.1) is 13.8 Å². The van der Waals surface area contributed by atoms with Crippen LogP contribution in [0.3, 0.4) is 0 Å². The Bertz CT molecular complexity index is 1100. The molecule has 0 radical (unpaired) electrons. The number of aryl methyl sites for hydroxylation is 2. The summed E-state index contributed by atoms with van der Waals surface area (Å²) in [5.74, 6) is 0. The molecule has 0 atom stereocenters. The molecule has 1 aliphatic rings. The summed E-state index contributed by atoms with van der Waals surface area (Å²) in [6.45, 7) is 6.89. The lowest BCUT2D eigenvalue weighted by Gasteiger charge is -2.14. The Morgan fingerprint density at radius 1 is 1.27 bits per heavy atom. The van der Waals surface area contributed by atoms with Gasteiger partial charge in [0.1, 0.15) is 0 Å². The number of amides is 1. The number of ether oxygens (including phenoxy) is 1. The van der Waals surface area contributed by atoms with Crippen molar-refractivity contribution >= 4 is 16.1 Å². The van der Waals surface area contributed by atoms with E-state index >= 15 is 0 Å². The number of nitrogens with one attached hydrogen (secondary N) is 1. The van der Waals surface area contributed by atoms with Crippen molar-refractivity contribution in [2.75, 3.05) is 7.11 Å². The number of hydrogen-bond acceptors (Lipinski definition) is 6. The summed E-state index contributed by atoms with van der Waals surface area (Å²) in [5, 5.41) is 3.68. The normalized spacial score (nSPS) is 13.6. The van der Waals surface area contributed by atoms with Gasteiger partial charge in [-0.2, -0.15) is 0 Å². The third kappa shape index (κ3) is 4.53. The lowest BCUT2D eigenvalue weighted by molar-refractivity contribution is 0.147. The molecule has 0 aliphatic heterocycles. The molecule has 9 nitrogen and oxygen atoms in total. The lowest BCUT2D eigenvalue weighted by Crippen LogP contribution is -2.41. The van der Waals surface area contributed by atoms with Crippen LogP contribution in [0.15, 0.2) is 21.8 Å². The third-order valence-corrected chi connectivity index (χ3v) is 5.78. The van der Waals surface area contributed by atoms with E-state index in [4.69, 9.17) is 4.74 Å². The van der Waals surface area contributed by atoms with E-state index in [1.54, 1.807) is 11.6 Å². The molecule has 1 aromatic heterocycles. The predicted octanol–water partition coefficient (Wildman–Crippen LogP) is 2.92. The van der Waals surface area contributed by atoms with E-state index in [0.29, 0.717) is 23.1 Å². The number of benzene rings is 1. The van der Waals surface area contributed by atoms with Crippen molar-refractivity contribution in [3.05, 3.63) is 39.3 Å². The van der Waals surface area contributed by atoms with Gasteiger partial charge in [-0.3, -0.25) is 0 Å². The molecule has 30 heavy (non-hydrogen) atoms. The molecule has 12 heteroatoms. The molecule has 1 N–H and O–H groups in total. The minimum absolute atomic E-state index is 0.0454. The fraction of sp³-hybridized carbons (Fsp3) is 0.500. The lowest BCUT2D eigenvalue weighted by atomic mass is 10.1. The van der Waals surface area contributed by atoms with Crippen molar-refractivity contribution in [2.24, 2.45) is 0 Å². The van der Waals surface area contributed by atoms with Gasteiger partial charge < -0.3 is 4.74 Å². The van der Waals surface area contributed by atoms with Gasteiger partial charge in [0.05, 0.1) is 12.0 Å². The smallest absolute Gasteiger partial charge is 0.360 e. The fourth-order valence-electron chi connectivity index (χ4n) is 3.00. The Kier molecular flexibility index (Phi) is 7.01. The number of carbonyl (C=O) groups excluding carboxylic acids is 1. The topological polar surface area (TPSA) is 112 Å². The van der Waals surface area contributed by atoms with Crippen molar-refractivity contribution in [3.63, 3.8) is 0 Å². The van der Waals surface area contributed by atoms with Gasteiger partial charge in [-0.05, 0) is 38.3 Å². The molecule has 1 fully saturated rings. The number of rotatable bonds is 5. The number of carbonyl (C=O) groups is 1. The zero-order valence-electron chi connectivity index (χ0n) is 17.3. The van der Waals surface area contributed by atoms with Crippen LogP contribution >= 0.6 is 0 Å². The standard InChI is InChI=1S/C16H18F2N4O5S.C2H6/c1-8-6-9(2)12(11(7-8)13(17)18)28(25,26)20-14(23)22-16(24)21(10-4-5-10)15(19-22)27-3;1-2/h6-7,10,13H,4-5H2,1-3H3,(H,20,23);1-2H3. The van der Waals surface area contributed by atoms with E-state index in [2.05, 4.69) is 5.10 Å². The molecular weight excluding hydrogens is 422 g/mol. The zero-order valence-corrected chi connectivity index (χ0v) is 18.1. The Balaban J connectivity index is 0.00000155. The van der Waals surface area contributed by atoms with E-state index in [1.165, 1.54) is 20.1 Å². The number of sulfonamides is 1. The van der Waals surface area contributed by atoms with Gasteiger partial charge in [0, 0.05) is 11.6 Å². The SMILES string of the molecule is CC.COc1nn(C(=O)NS(=O)(=O)c2c(C)cc(C)cc2C(F)F)c(=O)n1C1CC1. The molecule has 0 unspecified atom stereocenters. The predicted molar refractivity (Wildman–Crippen MR) is 105 cm³/mol. The zero-order chi connectivity index (χ0) is 22.8. The average molecular weight is 446 g/mol. The highest BCUT2D eigenvalue weighted by Gasteiger charge is 2.34. The van der Waals surface area contributed by atoms with Crippen molar-refractivity contribution in [1.82, 2.24) is 19.1 Å². The van der Waals surface area contributed by atoms with E-state index in [0.717, 1.165) is 10.6 Å². The molecule has 0 spiro atoms. The Morgan fingerprint density at radius 2 is 1.87 bits per heavy atom. The summed E-state index contributed by atoms with van der Waals surface area (Å²) in [4.78, 5) is 24.1. The molecular formula is C18H24F2N4O5S. The van der Waals surface area contributed by atoms with Crippen LogP contribution in [0.2, 0.25) is 0 Å². The van der Waals surface area contributed by atoms with Gasteiger partial charge in [0.15, 0.2) is 0 Å². The van der Waals surface area contributed by atoms with E-state index in [1.807, 2.05) is 13.8 Å². The number of aromatic nitrogens is 3. The number of nitrogens with zero attached hydrogens (tertiary/aromatic N) is 3. The summed E-state index contributed by atoms with van der Waals surface area (Å²) >= 11 is 0. The summed E-state index contributed by atoms with van der Waals surface area (Å²) in [5.41, 5.74) is -1.11. The molecule has 1 saturated carbocycles. The van der Waals surface area contributed by atoms with E-state index in [9.17, 15) is 26.8 Å². The van der Waals surface area contributed by atoms with Gasteiger partial charge in [0.2, 0.25) is 0 Å². The van der Waals surface area contributed by atoms with Gasteiger partial charge in [0.25, 0.3) is 16.4 Å². The van der Waals surface area contributed by atoms with Gasteiger partial charge in [-0.25, -0.2) is 36.1 Å². The minimum Gasteiger partial charge on any atom is -0.467 e. The van der Waals surface area contributed by atoms with Gasteiger partial charge >= 0.3 is 17.7 Å². The molecule has 2 aromatic rings. The third-order valence-electron chi connectivity index (χ3n) is 4.24. The minimum atomic E-state index is -4.69. The summed E-state index contributed by atoms with van der Waals surface area (Å²) in [6.07, 6.45) is -1.68. The molecule has 1 aliphatic carbocycles. The Morgan fingerprint density at radius 3 is 2.37 bits per heavy atom. The first-order valence-corrected chi connectivity index (χ1v) is 10.8. The molecule has 1 heterocycles. The number of methoxy groups -OCH3 is 1. The van der Waals surface area contributed by atoms with E-state index < -0.39 is 38.6 Å². The van der Waals surface area contributed by atoms with Crippen molar-refractivity contribution in [3.8, 4) is 6.01 Å². The maximum Gasteiger partial charge on any atom is 0.360 e. The second kappa shape index (κ2) is 8.94. The van der Waals surface area contributed by atoms with Crippen molar-refractivity contribution in [1.29, 1.82) is 0 Å². The molecule has 0 saturated heterocycles. The Labute approximate surface area is 172 Å². The molecule has 166 valence electrons. The first-order chi connectivity index (χ1) is 14.1. The molecule has 3 rings (SSSR count). The van der Waals surface area contributed by atoms with Crippen LogP contribution in [0.25, 0.3) is 0 Å². The van der Waals surface area contributed by atoms with Crippen molar-refractivity contribution < 1.29 is 26.7 Å². The number of halogens is 2. The first kappa shape index (κ1) is 23.5. The maximum atomic E-state index is 13.4. The highest BCUT2D eigenvalue weighted by Crippen LogP contribution is 2.36. The highest BCUT2D eigenvalue weighted by atomic mass is 32.2. The Hall–Kier alpha value is -2.76. The van der Waals surface area contributed by atoms with Gasteiger partial charge in [-0.1, -0.05) is 25.5 Å². The summed E-state index contributed by atoms with van der Waals surface area (Å²) in [7, 11) is -3.44. The van der Waals surface area contributed by atoms with Crippen LogP contribution in [0.4, 0.5) is 13.6 Å². The summed E-state index contributed by atoms with van der Waals surface area (Å²) < 4.78 is 60.1. The second-order valence-electron chi connectivity index (χ2n) is 6.49. The largest absolute Gasteiger partial charge is 0.467 e. The average Bonchev–Trinajstić information content (AvgIpc) is 3.44. The summed E-state index contributed by atoms with van der Waals surface area (Å²) in [6, 6.07) is 0.739. The number of alkyl halides is 2. The van der Waals surface area contributed by atoms with Crippen molar-refractivity contribution in [2.45, 2.75) is 57.9 Å². The van der Waals surface area contributed by atoms with Crippen LogP contribution in [-0.4, -0.2) is 35.9 Å². The van der Waals surface area contributed by atoms with Crippen LogP contribution in [0.1, 0.15) is 55.8 Å². The van der Waals surface area contributed by atoms with Crippen LogP contribution in [-0.2, 0) is 10.0 Å². The number of hydrogen-bond donors (Lipinski definition) is 1. The van der Waals surface area contributed by atoms with Crippen LogP contribution in [0.5, 0.6) is 6.01 Å². The van der Waals surface area contributed by atoms with Gasteiger partial charge in [-0.15, -0.1) is 9.78 Å². The maximum absolute atomic E-state index is 13.4. The highest BCUT2D eigenvalue weighted by molar-refractivity contribution is 7.90. The van der Waals surface area contributed by atoms with E-state index in [-0.39, 0.29) is 17.6 Å².